The van der Waals surface area contributed by atoms with Gasteiger partial charge < -0.3 is 0 Å². The van der Waals surface area contributed by atoms with Crippen molar-refractivity contribution in [2.24, 2.45) is 4.99 Å². The van der Waals surface area contributed by atoms with Crippen molar-refractivity contribution in [2.45, 2.75) is 18.6 Å². The third-order valence-electron chi connectivity index (χ3n) is 1.20. The highest BCUT2D eigenvalue weighted by molar-refractivity contribution is 8.01. The van der Waals surface area contributed by atoms with Crippen molar-refractivity contribution in [3.8, 4) is 0 Å². The third-order valence-corrected chi connectivity index (χ3v) is 2.39. The van der Waals surface area contributed by atoms with Crippen LogP contribution in [0.15, 0.2) is 17.3 Å². The zero-order valence-electron chi connectivity index (χ0n) is 5.79. The van der Waals surface area contributed by atoms with E-state index in [0.29, 0.717) is 0 Å². The van der Waals surface area contributed by atoms with E-state index in [1.165, 1.54) is 0 Å². The van der Waals surface area contributed by atoms with Gasteiger partial charge in [0.1, 0.15) is 0 Å². The second kappa shape index (κ2) is 2.56. The maximum atomic E-state index is 4.04. The molecule has 50 valence electrons. The molecule has 1 aliphatic rings. The van der Waals surface area contributed by atoms with Crippen LogP contribution in [0.4, 0.5) is 0 Å². The van der Waals surface area contributed by atoms with Gasteiger partial charge in [0.2, 0.25) is 0 Å². The molecule has 0 aromatic heterocycles. The fourth-order valence-electron chi connectivity index (χ4n) is 0.627. The van der Waals surface area contributed by atoms with Crippen LogP contribution >= 0.6 is 11.8 Å². The molecule has 0 saturated heterocycles. The standard InChI is InChI=1S/C7H11NS/c1-7(2)3-4-8-5-6-9-7/h3-5H,6H2,1-2H3. The van der Waals surface area contributed by atoms with Gasteiger partial charge in [-0.15, -0.1) is 11.8 Å². The molecule has 0 N–H and O–H groups in total. The summed E-state index contributed by atoms with van der Waals surface area (Å²) >= 11 is 1.91. The van der Waals surface area contributed by atoms with Crippen LogP contribution in [-0.2, 0) is 0 Å². The lowest BCUT2D eigenvalue weighted by Crippen LogP contribution is -2.09. The van der Waals surface area contributed by atoms with Crippen LogP contribution in [0.2, 0.25) is 0 Å². The van der Waals surface area contributed by atoms with Gasteiger partial charge in [-0.25, -0.2) is 0 Å². The third kappa shape index (κ3) is 2.22. The molecule has 0 bridgehead atoms. The number of thioether (sulfide) groups is 1. The summed E-state index contributed by atoms with van der Waals surface area (Å²) in [5, 5.41) is 0. The molecule has 0 amide bonds. The van der Waals surface area contributed by atoms with Gasteiger partial charge in [-0.1, -0.05) is 6.08 Å². The molecular weight excluding hydrogens is 130 g/mol. The van der Waals surface area contributed by atoms with Crippen molar-refractivity contribution in [1.29, 1.82) is 0 Å². The van der Waals surface area contributed by atoms with E-state index in [9.17, 15) is 0 Å². The Balaban J connectivity index is 2.62. The summed E-state index contributed by atoms with van der Waals surface area (Å²) in [6.07, 6.45) is 5.94. The van der Waals surface area contributed by atoms with Gasteiger partial charge in [0.15, 0.2) is 0 Å². The Labute approximate surface area is 60.3 Å². The maximum Gasteiger partial charge on any atom is 0.0303 e. The summed E-state index contributed by atoms with van der Waals surface area (Å²) in [6, 6.07) is 0. The Morgan fingerprint density at radius 2 is 2.33 bits per heavy atom. The molecule has 0 spiro atoms. The van der Waals surface area contributed by atoms with Crippen LogP contribution in [-0.4, -0.2) is 16.7 Å². The summed E-state index contributed by atoms with van der Waals surface area (Å²) in [5.41, 5.74) is 0. The van der Waals surface area contributed by atoms with Gasteiger partial charge in [0.05, 0.1) is 0 Å². The van der Waals surface area contributed by atoms with E-state index in [4.69, 9.17) is 0 Å². The molecule has 0 unspecified atom stereocenters. The van der Waals surface area contributed by atoms with Gasteiger partial charge in [0.25, 0.3) is 0 Å². The monoisotopic (exact) mass is 141 g/mol. The van der Waals surface area contributed by atoms with Gasteiger partial charge in [0, 0.05) is 22.9 Å². The Kier molecular flexibility index (Phi) is 1.96. The van der Waals surface area contributed by atoms with Gasteiger partial charge in [-0.3, -0.25) is 4.99 Å². The molecule has 0 aromatic rings. The molecule has 9 heavy (non-hydrogen) atoms. The SMILES string of the molecule is CC1(C)C=CN=CCS1. The lowest BCUT2D eigenvalue weighted by atomic mass is 10.2. The van der Waals surface area contributed by atoms with Crippen LogP contribution < -0.4 is 0 Å². The number of aliphatic imine (C=N–C) groups is 1. The summed E-state index contributed by atoms with van der Waals surface area (Å²) < 4.78 is 0.274. The van der Waals surface area contributed by atoms with E-state index in [1.54, 1.807) is 0 Å². The topological polar surface area (TPSA) is 12.4 Å². The van der Waals surface area contributed by atoms with E-state index in [1.807, 2.05) is 24.2 Å². The first-order valence-electron chi connectivity index (χ1n) is 3.04. The van der Waals surface area contributed by atoms with Gasteiger partial charge in [-0.05, 0) is 13.8 Å². The predicted octanol–water partition coefficient (Wildman–Crippen LogP) is 2.10. The molecule has 0 saturated carbocycles. The van der Waals surface area contributed by atoms with Gasteiger partial charge in [-0.2, -0.15) is 0 Å². The number of hydrogen-bond donors (Lipinski definition) is 0. The fourth-order valence-corrected chi connectivity index (χ4v) is 1.37. The average molecular weight is 141 g/mol. The van der Waals surface area contributed by atoms with E-state index >= 15 is 0 Å². The lowest BCUT2D eigenvalue weighted by molar-refractivity contribution is 0.899. The van der Waals surface area contributed by atoms with E-state index in [0.717, 1.165) is 5.75 Å². The van der Waals surface area contributed by atoms with Gasteiger partial charge >= 0.3 is 0 Å². The van der Waals surface area contributed by atoms with Crippen LogP contribution in [0.3, 0.4) is 0 Å². The number of hydrogen-bond acceptors (Lipinski definition) is 2. The Bertz CT molecular complexity index is 147. The van der Waals surface area contributed by atoms with Crippen LogP contribution in [0.1, 0.15) is 13.8 Å². The summed E-state index contributed by atoms with van der Waals surface area (Å²) in [4.78, 5) is 4.04. The minimum absolute atomic E-state index is 0.274. The van der Waals surface area contributed by atoms with Crippen molar-refractivity contribution >= 4 is 18.0 Å². The van der Waals surface area contributed by atoms with Crippen molar-refractivity contribution in [2.75, 3.05) is 5.75 Å². The smallest absolute Gasteiger partial charge is 0.0303 e. The van der Waals surface area contributed by atoms with Crippen molar-refractivity contribution in [3.63, 3.8) is 0 Å². The van der Waals surface area contributed by atoms with E-state index in [-0.39, 0.29) is 4.75 Å². The second-order valence-electron chi connectivity index (χ2n) is 2.56. The molecule has 1 nitrogen and oxygen atoms in total. The van der Waals surface area contributed by atoms with Crippen molar-refractivity contribution < 1.29 is 0 Å². The molecule has 0 radical (unpaired) electrons. The molecule has 0 atom stereocenters. The molecule has 1 rings (SSSR count). The highest BCUT2D eigenvalue weighted by Crippen LogP contribution is 2.25. The zero-order valence-corrected chi connectivity index (χ0v) is 6.61. The van der Waals surface area contributed by atoms with Crippen molar-refractivity contribution in [3.05, 3.63) is 12.3 Å². The Morgan fingerprint density at radius 3 is 3.11 bits per heavy atom. The highest BCUT2D eigenvalue weighted by Gasteiger charge is 2.13. The fraction of sp³-hybridized carbons (Fsp3) is 0.571. The lowest BCUT2D eigenvalue weighted by Gasteiger charge is -2.15. The molecule has 0 fully saturated rings. The normalized spacial score (nSPS) is 23.8. The number of rotatable bonds is 0. The largest absolute Gasteiger partial charge is 0.269 e. The Morgan fingerprint density at radius 1 is 1.56 bits per heavy atom. The van der Waals surface area contributed by atoms with E-state index < -0.39 is 0 Å². The first kappa shape index (κ1) is 6.87. The highest BCUT2D eigenvalue weighted by atomic mass is 32.2. The van der Waals surface area contributed by atoms with Crippen LogP contribution in [0.5, 0.6) is 0 Å². The summed E-state index contributed by atoms with van der Waals surface area (Å²) in [7, 11) is 0. The molecule has 2 heteroatoms. The minimum atomic E-state index is 0.274. The molecule has 0 aromatic carbocycles. The second-order valence-corrected chi connectivity index (χ2v) is 4.24. The molecule has 1 heterocycles. The van der Waals surface area contributed by atoms with E-state index in [2.05, 4.69) is 24.9 Å². The quantitative estimate of drug-likeness (QED) is 0.503. The van der Waals surface area contributed by atoms with Crippen LogP contribution in [0, 0.1) is 0 Å². The maximum absolute atomic E-state index is 4.04. The molecular formula is C7H11NS. The summed E-state index contributed by atoms with van der Waals surface area (Å²) in [5.74, 6) is 1.03. The first-order chi connectivity index (χ1) is 4.21. The zero-order chi connectivity index (χ0) is 6.74. The first-order valence-corrected chi connectivity index (χ1v) is 4.03. The predicted molar refractivity (Wildman–Crippen MR) is 44.2 cm³/mol. The summed E-state index contributed by atoms with van der Waals surface area (Å²) in [6.45, 7) is 4.39. The molecule has 1 aliphatic heterocycles. The Hall–Kier alpha value is -0.240. The molecule has 0 aliphatic carbocycles. The minimum Gasteiger partial charge on any atom is -0.269 e. The number of nitrogens with zero attached hydrogens (tertiary/aromatic N) is 1. The van der Waals surface area contributed by atoms with Crippen molar-refractivity contribution in [1.82, 2.24) is 0 Å². The average Bonchev–Trinajstić information content (AvgIpc) is 1.92. The van der Waals surface area contributed by atoms with Crippen LogP contribution in [0.25, 0.3) is 0 Å².